The number of nitrogens with zero attached hydrogens (tertiary/aromatic N) is 3. The van der Waals surface area contributed by atoms with Gasteiger partial charge in [-0.05, 0) is 24.3 Å². The molecular formula is C17H17N5O2S4. The van der Waals surface area contributed by atoms with Crippen LogP contribution in [-0.2, 0) is 15.0 Å². The standard InChI is InChI=1S/C17H17N5O2S4/c23-12(19-14-18-7-9-26-14)10-27-16-22-21-15(28-16)20-13(24)17(5-1-2-6-17)11-4-3-8-25-11/h3-4,7-9H,1-2,5-6,10H2,(H,18,19,23)(H,20,21,24). The van der Waals surface area contributed by atoms with E-state index >= 15 is 0 Å². The van der Waals surface area contributed by atoms with Gasteiger partial charge >= 0.3 is 0 Å². The van der Waals surface area contributed by atoms with Crippen molar-refractivity contribution in [2.24, 2.45) is 0 Å². The van der Waals surface area contributed by atoms with Crippen molar-refractivity contribution in [3.8, 4) is 0 Å². The molecule has 0 bridgehead atoms. The van der Waals surface area contributed by atoms with Crippen molar-refractivity contribution in [1.82, 2.24) is 15.2 Å². The van der Waals surface area contributed by atoms with E-state index in [0.29, 0.717) is 14.6 Å². The van der Waals surface area contributed by atoms with E-state index in [1.54, 1.807) is 22.9 Å². The van der Waals surface area contributed by atoms with Gasteiger partial charge in [0.15, 0.2) is 9.47 Å². The van der Waals surface area contributed by atoms with Crippen LogP contribution in [0.1, 0.15) is 30.6 Å². The lowest BCUT2D eigenvalue weighted by atomic mass is 9.83. The van der Waals surface area contributed by atoms with E-state index in [0.717, 1.165) is 30.6 Å². The second-order valence-electron chi connectivity index (χ2n) is 6.27. The number of thiophene rings is 1. The lowest BCUT2D eigenvalue weighted by molar-refractivity contribution is -0.121. The molecule has 1 saturated carbocycles. The third-order valence-electron chi connectivity index (χ3n) is 4.52. The minimum Gasteiger partial charge on any atom is -0.301 e. The number of aromatic nitrogens is 3. The van der Waals surface area contributed by atoms with Crippen LogP contribution >= 0.6 is 45.8 Å². The van der Waals surface area contributed by atoms with Gasteiger partial charge in [-0.3, -0.25) is 14.9 Å². The number of hydrogen-bond donors (Lipinski definition) is 2. The smallest absolute Gasteiger partial charge is 0.237 e. The van der Waals surface area contributed by atoms with Gasteiger partial charge in [-0.2, -0.15) is 0 Å². The van der Waals surface area contributed by atoms with Crippen LogP contribution < -0.4 is 10.6 Å². The number of carbonyl (C=O) groups is 2. The summed E-state index contributed by atoms with van der Waals surface area (Å²) < 4.78 is 0.640. The molecule has 7 nitrogen and oxygen atoms in total. The number of anilines is 2. The zero-order valence-electron chi connectivity index (χ0n) is 14.7. The first-order chi connectivity index (χ1) is 13.7. The first-order valence-electron chi connectivity index (χ1n) is 8.67. The minimum absolute atomic E-state index is 0.0123. The normalized spacial score (nSPS) is 15.4. The van der Waals surface area contributed by atoms with Crippen LogP contribution in [0, 0.1) is 0 Å². The van der Waals surface area contributed by atoms with Gasteiger partial charge in [0.2, 0.25) is 16.9 Å². The Morgan fingerprint density at radius 3 is 2.68 bits per heavy atom. The van der Waals surface area contributed by atoms with Crippen LogP contribution in [0.15, 0.2) is 33.4 Å². The van der Waals surface area contributed by atoms with Gasteiger partial charge < -0.3 is 5.32 Å². The Kier molecular flexibility index (Phi) is 6.04. The third-order valence-corrected chi connectivity index (χ3v) is 8.25. The molecule has 11 heteroatoms. The summed E-state index contributed by atoms with van der Waals surface area (Å²) in [7, 11) is 0. The predicted octanol–water partition coefficient (Wildman–Crippen LogP) is 4.24. The van der Waals surface area contributed by atoms with Crippen molar-refractivity contribution >= 4 is 67.8 Å². The summed E-state index contributed by atoms with van der Waals surface area (Å²) in [5.41, 5.74) is -0.458. The second-order valence-corrected chi connectivity index (χ2v) is 10.3. The summed E-state index contributed by atoms with van der Waals surface area (Å²) in [6.45, 7) is 0. The fourth-order valence-electron chi connectivity index (χ4n) is 3.22. The highest BCUT2D eigenvalue weighted by molar-refractivity contribution is 8.01. The average molecular weight is 452 g/mol. The predicted molar refractivity (Wildman–Crippen MR) is 114 cm³/mol. The molecule has 4 rings (SSSR count). The quantitative estimate of drug-likeness (QED) is 0.412. The highest BCUT2D eigenvalue weighted by Crippen LogP contribution is 2.44. The van der Waals surface area contributed by atoms with E-state index in [-0.39, 0.29) is 17.6 Å². The van der Waals surface area contributed by atoms with Crippen molar-refractivity contribution in [3.05, 3.63) is 34.0 Å². The molecule has 146 valence electrons. The molecule has 0 saturated heterocycles. The van der Waals surface area contributed by atoms with E-state index in [1.807, 2.05) is 17.5 Å². The molecule has 28 heavy (non-hydrogen) atoms. The fourth-order valence-corrected chi connectivity index (χ4v) is 6.29. The summed E-state index contributed by atoms with van der Waals surface area (Å²) in [6, 6.07) is 4.03. The molecule has 3 aromatic heterocycles. The van der Waals surface area contributed by atoms with Crippen LogP contribution in [0.25, 0.3) is 0 Å². The molecule has 3 heterocycles. The maximum atomic E-state index is 13.0. The van der Waals surface area contributed by atoms with Gasteiger partial charge in [0.05, 0.1) is 11.2 Å². The van der Waals surface area contributed by atoms with Gasteiger partial charge in [-0.1, -0.05) is 42.0 Å². The third kappa shape index (κ3) is 4.27. The van der Waals surface area contributed by atoms with Crippen molar-refractivity contribution in [2.75, 3.05) is 16.4 Å². The monoisotopic (exact) mass is 451 g/mol. The molecule has 1 fully saturated rings. The Bertz CT molecular complexity index is 933. The van der Waals surface area contributed by atoms with Crippen molar-refractivity contribution < 1.29 is 9.59 Å². The Morgan fingerprint density at radius 1 is 1.11 bits per heavy atom. The molecule has 0 aliphatic heterocycles. The van der Waals surface area contributed by atoms with Crippen molar-refractivity contribution in [2.45, 2.75) is 35.4 Å². The van der Waals surface area contributed by atoms with Crippen LogP contribution in [0.3, 0.4) is 0 Å². The van der Waals surface area contributed by atoms with Crippen molar-refractivity contribution in [1.29, 1.82) is 0 Å². The van der Waals surface area contributed by atoms with E-state index in [2.05, 4.69) is 25.8 Å². The zero-order chi connectivity index (χ0) is 19.4. The second kappa shape index (κ2) is 8.68. The number of carbonyl (C=O) groups excluding carboxylic acids is 2. The maximum absolute atomic E-state index is 13.0. The zero-order valence-corrected chi connectivity index (χ0v) is 18.0. The molecule has 0 atom stereocenters. The number of amides is 2. The lowest BCUT2D eigenvalue weighted by Crippen LogP contribution is -2.37. The molecular weight excluding hydrogens is 434 g/mol. The van der Waals surface area contributed by atoms with E-state index in [1.165, 1.54) is 34.4 Å². The molecule has 3 aromatic rings. The van der Waals surface area contributed by atoms with Crippen LogP contribution in [0.5, 0.6) is 0 Å². The van der Waals surface area contributed by atoms with E-state index in [9.17, 15) is 9.59 Å². The van der Waals surface area contributed by atoms with Crippen molar-refractivity contribution in [3.63, 3.8) is 0 Å². The molecule has 0 aromatic carbocycles. The summed E-state index contributed by atoms with van der Waals surface area (Å²) in [5, 5.41) is 18.7. The van der Waals surface area contributed by atoms with Crippen LogP contribution in [0.2, 0.25) is 0 Å². The first kappa shape index (κ1) is 19.5. The van der Waals surface area contributed by atoms with Gasteiger partial charge in [0, 0.05) is 16.5 Å². The topological polar surface area (TPSA) is 96.9 Å². The Labute approximate surface area is 178 Å². The fraction of sp³-hybridized carbons (Fsp3) is 0.353. The summed E-state index contributed by atoms with van der Waals surface area (Å²) in [4.78, 5) is 30.1. The van der Waals surface area contributed by atoms with Crippen LogP contribution in [0.4, 0.5) is 10.3 Å². The van der Waals surface area contributed by atoms with Gasteiger partial charge in [-0.25, -0.2) is 4.98 Å². The van der Waals surface area contributed by atoms with Gasteiger partial charge in [0.1, 0.15) is 0 Å². The molecule has 0 radical (unpaired) electrons. The molecule has 0 spiro atoms. The first-order valence-corrected chi connectivity index (χ1v) is 12.2. The highest BCUT2D eigenvalue weighted by Gasteiger charge is 2.43. The average Bonchev–Trinajstić information content (AvgIpc) is 3.47. The number of hydrogen-bond acceptors (Lipinski definition) is 9. The molecule has 1 aliphatic carbocycles. The SMILES string of the molecule is O=C(CSc1nnc(NC(=O)C2(c3cccs3)CCCC2)s1)Nc1nccs1. The molecule has 2 N–H and O–H groups in total. The van der Waals surface area contributed by atoms with Crippen LogP contribution in [-0.4, -0.2) is 32.7 Å². The Hall–Kier alpha value is -1.82. The summed E-state index contributed by atoms with van der Waals surface area (Å²) in [6.07, 6.45) is 5.46. The number of rotatable bonds is 7. The Balaban J connectivity index is 1.35. The largest absolute Gasteiger partial charge is 0.301 e. The van der Waals surface area contributed by atoms with E-state index in [4.69, 9.17) is 0 Å². The maximum Gasteiger partial charge on any atom is 0.237 e. The molecule has 0 unspecified atom stereocenters. The highest BCUT2D eigenvalue weighted by atomic mass is 32.2. The summed E-state index contributed by atoms with van der Waals surface area (Å²) in [5.74, 6) is 0.0476. The molecule has 2 amide bonds. The van der Waals surface area contributed by atoms with Gasteiger partial charge in [-0.15, -0.1) is 32.9 Å². The van der Waals surface area contributed by atoms with Gasteiger partial charge in [0.25, 0.3) is 0 Å². The number of nitrogens with one attached hydrogen (secondary N) is 2. The van der Waals surface area contributed by atoms with E-state index < -0.39 is 5.41 Å². The molecule has 1 aliphatic rings. The number of thiazole rings is 1. The lowest BCUT2D eigenvalue weighted by Gasteiger charge is -2.25. The summed E-state index contributed by atoms with van der Waals surface area (Å²) >= 11 is 5.57. The minimum atomic E-state index is -0.458. The Morgan fingerprint density at radius 2 is 1.96 bits per heavy atom. The number of thioether (sulfide) groups is 1.